The summed E-state index contributed by atoms with van der Waals surface area (Å²) in [6.07, 6.45) is 0. The molecule has 0 saturated carbocycles. The first-order valence-corrected chi connectivity index (χ1v) is 10.8. The fraction of sp³-hybridized carbons (Fsp3) is 0.0952. The molecule has 0 atom stereocenters. The van der Waals surface area contributed by atoms with E-state index in [1.807, 2.05) is 19.9 Å². The summed E-state index contributed by atoms with van der Waals surface area (Å²) in [7, 11) is -3.72. The number of carbonyl (C=O) groups excluding carboxylic acids is 1. The minimum Gasteiger partial charge on any atom is -0.322 e. The Morgan fingerprint density at radius 2 is 1.39 bits per heavy atom. The van der Waals surface area contributed by atoms with Crippen LogP contribution in [-0.4, -0.2) is 14.3 Å². The molecular weight excluding hydrogens is 440 g/mol. The maximum absolute atomic E-state index is 12.6. The minimum atomic E-state index is -3.72. The lowest BCUT2D eigenvalue weighted by atomic mass is 10.1. The van der Waals surface area contributed by atoms with E-state index in [9.17, 15) is 13.2 Å². The summed E-state index contributed by atoms with van der Waals surface area (Å²) in [6.45, 7) is 3.82. The van der Waals surface area contributed by atoms with Gasteiger partial charge in [-0.1, -0.05) is 22.0 Å². The molecule has 0 aliphatic heterocycles. The number of nitrogens with one attached hydrogen (secondary N) is 2. The van der Waals surface area contributed by atoms with E-state index in [2.05, 4.69) is 26.0 Å². The summed E-state index contributed by atoms with van der Waals surface area (Å²) < 4.78 is 28.7. The average Bonchev–Trinajstić information content (AvgIpc) is 2.61. The van der Waals surface area contributed by atoms with Crippen molar-refractivity contribution in [3.05, 3.63) is 87.9 Å². The van der Waals surface area contributed by atoms with Gasteiger partial charge in [0.25, 0.3) is 15.9 Å². The van der Waals surface area contributed by atoms with Crippen molar-refractivity contribution in [2.24, 2.45) is 0 Å². The lowest BCUT2D eigenvalue weighted by molar-refractivity contribution is 0.102. The van der Waals surface area contributed by atoms with Gasteiger partial charge in [-0.3, -0.25) is 9.52 Å². The second-order valence-corrected chi connectivity index (χ2v) is 9.07. The average molecular weight is 459 g/mol. The summed E-state index contributed by atoms with van der Waals surface area (Å²) in [5.74, 6) is -0.267. The Balaban J connectivity index is 1.73. The largest absolute Gasteiger partial charge is 0.322 e. The van der Waals surface area contributed by atoms with Crippen molar-refractivity contribution < 1.29 is 13.2 Å². The number of hydrogen-bond acceptors (Lipinski definition) is 3. The van der Waals surface area contributed by atoms with Crippen LogP contribution in [0.4, 0.5) is 11.4 Å². The van der Waals surface area contributed by atoms with Gasteiger partial charge in [-0.2, -0.15) is 0 Å². The Labute approximate surface area is 173 Å². The van der Waals surface area contributed by atoms with Crippen LogP contribution in [0.2, 0.25) is 0 Å². The molecule has 0 aromatic heterocycles. The maximum Gasteiger partial charge on any atom is 0.261 e. The van der Waals surface area contributed by atoms with Crippen molar-refractivity contribution in [2.45, 2.75) is 18.7 Å². The number of rotatable bonds is 5. The highest BCUT2D eigenvalue weighted by molar-refractivity contribution is 9.10. The normalized spacial score (nSPS) is 11.1. The molecule has 0 radical (unpaired) electrons. The molecule has 0 spiro atoms. The zero-order valence-corrected chi connectivity index (χ0v) is 17.8. The Morgan fingerprint density at radius 3 is 1.96 bits per heavy atom. The molecule has 28 heavy (non-hydrogen) atoms. The van der Waals surface area contributed by atoms with Crippen molar-refractivity contribution in [2.75, 3.05) is 10.0 Å². The number of sulfonamides is 1. The molecule has 3 rings (SSSR count). The molecule has 144 valence electrons. The summed E-state index contributed by atoms with van der Waals surface area (Å²) in [5, 5.41) is 2.75. The molecule has 0 aliphatic rings. The Morgan fingerprint density at radius 1 is 0.821 bits per heavy atom. The molecule has 5 nitrogen and oxygen atoms in total. The number of benzene rings is 3. The highest BCUT2D eigenvalue weighted by Gasteiger charge is 2.15. The van der Waals surface area contributed by atoms with E-state index in [4.69, 9.17) is 0 Å². The second-order valence-electron chi connectivity index (χ2n) is 6.47. The summed E-state index contributed by atoms with van der Waals surface area (Å²) in [5.41, 5.74) is 3.49. The van der Waals surface area contributed by atoms with Crippen LogP contribution >= 0.6 is 15.9 Å². The van der Waals surface area contributed by atoms with Gasteiger partial charge in [0, 0.05) is 21.4 Å². The fourth-order valence-corrected chi connectivity index (χ4v) is 4.07. The third-order valence-corrected chi connectivity index (χ3v) is 5.93. The van der Waals surface area contributed by atoms with Crippen LogP contribution < -0.4 is 10.0 Å². The van der Waals surface area contributed by atoms with Gasteiger partial charge >= 0.3 is 0 Å². The van der Waals surface area contributed by atoms with Gasteiger partial charge in [0.05, 0.1) is 4.90 Å². The van der Waals surface area contributed by atoms with Crippen LogP contribution in [0.5, 0.6) is 0 Å². The molecule has 0 bridgehead atoms. The number of carbonyl (C=O) groups is 1. The molecule has 0 heterocycles. The van der Waals surface area contributed by atoms with Gasteiger partial charge < -0.3 is 5.32 Å². The third kappa shape index (κ3) is 4.99. The van der Waals surface area contributed by atoms with Gasteiger partial charge in [0.2, 0.25) is 0 Å². The lowest BCUT2D eigenvalue weighted by Crippen LogP contribution is -2.14. The molecule has 0 saturated heterocycles. The molecule has 7 heteroatoms. The van der Waals surface area contributed by atoms with E-state index in [1.54, 1.807) is 48.5 Å². The highest BCUT2D eigenvalue weighted by atomic mass is 79.9. The number of hydrogen-bond donors (Lipinski definition) is 2. The van der Waals surface area contributed by atoms with Crippen LogP contribution in [-0.2, 0) is 10.0 Å². The van der Waals surface area contributed by atoms with Crippen molar-refractivity contribution in [3.8, 4) is 0 Å². The van der Waals surface area contributed by atoms with Crippen molar-refractivity contribution in [1.82, 2.24) is 0 Å². The number of anilines is 2. The minimum absolute atomic E-state index is 0.119. The van der Waals surface area contributed by atoms with Crippen LogP contribution in [0, 0.1) is 13.8 Å². The van der Waals surface area contributed by atoms with E-state index in [0.717, 1.165) is 15.6 Å². The first-order valence-electron chi connectivity index (χ1n) is 8.51. The predicted octanol–water partition coefficient (Wildman–Crippen LogP) is 5.12. The second kappa shape index (κ2) is 8.16. The first kappa shape index (κ1) is 20.1. The van der Waals surface area contributed by atoms with Gasteiger partial charge in [-0.25, -0.2) is 8.42 Å². The molecule has 0 fully saturated rings. The molecule has 0 aliphatic carbocycles. The van der Waals surface area contributed by atoms with E-state index in [-0.39, 0.29) is 10.8 Å². The van der Waals surface area contributed by atoms with Crippen LogP contribution in [0.25, 0.3) is 0 Å². The molecule has 0 unspecified atom stereocenters. The maximum atomic E-state index is 12.6. The monoisotopic (exact) mass is 458 g/mol. The highest BCUT2D eigenvalue weighted by Crippen LogP contribution is 2.21. The summed E-state index contributed by atoms with van der Waals surface area (Å²) >= 11 is 3.32. The Hall–Kier alpha value is -2.64. The molecular formula is C21H19BrN2O3S. The lowest BCUT2D eigenvalue weighted by Gasteiger charge is -2.11. The van der Waals surface area contributed by atoms with Crippen molar-refractivity contribution in [1.29, 1.82) is 0 Å². The van der Waals surface area contributed by atoms with E-state index in [0.29, 0.717) is 16.9 Å². The van der Waals surface area contributed by atoms with E-state index >= 15 is 0 Å². The SMILES string of the molecule is Cc1cc(C)cc(NS(=O)(=O)c2ccc(NC(=O)c3ccc(Br)cc3)cc2)c1. The quantitative estimate of drug-likeness (QED) is 0.556. The molecule has 3 aromatic carbocycles. The van der Waals surface area contributed by atoms with Crippen LogP contribution in [0.1, 0.15) is 21.5 Å². The number of aryl methyl sites for hydroxylation is 2. The first-order chi connectivity index (χ1) is 13.2. The fourth-order valence-electron chi connectivity index (χ4n) is 2.77. The summed E-state index contributed by atoms with van der Waals surface area (Å²) in [6, 6.07) is 18.5. The van der Waals surface area contributed by atoms with Gasteiger partial charge in [0.1, 0.15) is 0 Å². The van der Waals surface area contributed by atoms with Crippen LogP contribution in [0.15, 0.2) is 76.1 Å². The van der Waals surface area contributed by atoms with E-state index in [1.165, 1.54) is 12.1 Å². The molecule has 2 N–H and O–H groups in total. The predicted molar refractivity (Wildman–Crippen MR) is 115 cm³/mol. The third-order valence-electron chi connectivity index (χ3n) is 4.00. The zero-order valence-electron chi connectivity index (χ0n) is 15.4. The summed E-state index contributed by atoms with van der Waals surface area (Å²) in [4.78, 5) is 12.4. The van der Waals surface area contributed by atoms with E-state index < -0.39 is 10.0 Å². The smallest absolute Gasteiger partial charge is 0.261 e. The van der Waals surface area contributed by atoms with Crippen molar-refractivity contribution >= 4 is 43.2 Å². The molecule has 3 aromatic rings. The number of halogens is 1. The Kier molecular flexibility index (Phi) is 5.86. The van der Waals surface area contributed by atoms with Crippen LogP contribution in [0.3, 0.4) is 0 Å². The van der Waals surface area contributed by atoms with Gasteiger partial charge in [0.15, 0.2) is 0 Å². The van der Waals surface area contributed by atoms with Gasteiger partial charge in [-0.05, 0) is 85.6 Å². The zero-order chi connectivity index (χ0) is 20.3. The topological polar surface area (TPSA) is 75.3 Å². The standard InChI is InChI=1S/C21H19BrN2O3S/c1-14-11-15(2)13-19(12-14)24-28(26,27)20-9-7-18(8-10-20)23-21(25)16-3-5-17(22)6-4-16/h3-13,24H,1-2H3,(H,23,25). The number of amides is 1. The molecule has 1 amide bonds. The van der Waals surface area contributed by atoms with Gasteiger partial charge in [-0.15, -0.1) is 0 Å². The van der Waals surface area contributed by atoms with Crippen molar-refractivity contribution in [3.63, 3.8) is 0 Å². The Bertz CT molecular complexity index is 1090.